The highest BCUT2D eigenvalue weighted by Crippen LogP contribution is 2.11. The Balaban J connectivity index is 1.40. The van der Waals surface area contributed by atoms with Crippen LogP contribution in [0, 0.1) is 11.6 Å². The minimum Gasteiger partial charge on any atom is -0.339 e. The highest BCUT2D eigenvalue weighted by atomic mass is 19.1. The summed E-state index contributed by atoms with van der Waals surface area (Å²) in [6.45, 7) is 3.06. The summed E-state index contributed by atoms with van der Waals surface area (Å²) in [4.78, 5) is 30.2. The number of benzene rings is 2. The summed E-state index contributed by atoms with van der Waals surface area (Å²) < 4.78 is 26.7. The summed E-state index contributed by atoms with van der Waals surface area (Å²) in [6.07, 6.45) is 0. The van der Waals surface area contributed by atoms with Gasteiger partial charge in [-0.1, -0.05) is 18.2 Å². The molecule has 1 saturated heterocycles. The van der Waals surface area contributed by atoms with Crippen molar-refractivity contribution in [3.63, 3.8) is 0 Å². The van der Waals surface area contributed by atoms with Gasteiger partial charge in [-0.3, -0.25) is 19.4 Å². The molecule has 0 unspecified atom stereocenters. The second-order valence-electron chi connectivity index (χ2n) is 7.48. The number of hydrogen-bond acceptors (Lipinski definition) is 4. The third-order valence-corrected chi connectivity index (χ3v) is 5.02. The van der Waals surface area contributed by atoms with Crippen LogP contribution in [0.5, 0.6) is 0 Å². The number of carbonyl (C=O) groups excluding carboxylic acids is 2. The van der Waals surface area contributed by atoms with Gasteiger partial charge in [0, 0.05) is 44.0 Å². The highest BCUT2D eigenvalue weighted by Gasteiger charge is 2.23. The fourth-order valence-corrected chi connectivity index (χ4v) is 3.40. The van der Waals surface area contributed by atoms with E-state index in [0.29, 0.717) is 44.0 Å². The molecule has 1 N–H and O–H groups in total. The van der Waals surface area contributed by atoms with Gasteiger partial charge in [-0.15, -0.1) is 0 Å². The van der Waals surface area contributed by atoms with Crippen molar-refractivity contribution in [3.8, 4) is 0 Å². The number of amides is 2. The number of nitrogens with zero attached hydrogens (tertiary/aromatic N) is 3. The van der Waals surface area contributed by atoms with E-state index in [1.807, 2.05) is 4.90 Å². The van der Waals surface area contributed by atoms with E-state index < -0.39 is 0 Å². The van der Waals surface area contributed by atoms with Gasteiger partial charge >= 0.3 is 0 Å². The van der Waals surface area contributed by atoms with E-state index in [1.165, 1.54) is 30.3 Å². The van der Waals surface area contributed by atoms with Crippen molar-refractivity contribution < 1.29 is 18.4 Å². The molecule has 6 nitrogen and oxygen atoms in total. The fourth-order valence-electron chi connectivity index (χ4n) is 3.40. The molecule has 1 aliphatic rings. The first-order valence-electron chi connectivity index (χ1n) is 9.88. The van der Waals surface area contributed by atoms with E-state index >= 15 is 0 Å². The zero-order chi connectivity index (χ0) is 21.5. The van der Waals surface area contributed by atoms with Gasteiger partial charge in [-0.2, -0.15) is 0 Å². The largest absolute Gasteiger partial charge is 0.339 e. The molecule has 0 radical (unpaired) electrons. The summed E-state index contributed by atoms with van der Waals surface area (Å²) in [6, 6.07) is 12.2. The van der Waals surface area contributed by atoms with Gasteiger partial charge in [0.25, 0.3) is 0 Å². The number of anilines is 1. The summed E-state index contributed by atoms with van der Waals surface area (Å²) in [5, 5.41) is 2.74. The van der Waals surface area contributed by atoms with Crippen LogP contribution >= 0.6 is 0 Å². The number of nitrogens with one attached hydrogen (secondary N) is 1. The van der Waals surface area contributed by atoms with Gasteiger partial charge in [0.2, 0.25) is 11.8 Å². The molecule has 2 aromatic carbocycles. The van der Waals surface area contributed by atoms with Crippen molar-refractivity contribution in [1.82, 2.24) is 14.7 Å². The Morgan fingerprint density at radius 1 is 1.00 bits per heavy atom. The smallest absolute Gasteiger partial charge is 0.238 e. The second-order valence-corrected chi connectivity index (χ2v) is 7.48. The van der Waals surface area contributed by atoms with Crippen LogP contribution in [0.1, 0.15) is 5.56 Å². The van der Waals surface area contributed by atoms with Crippen LogP contribution in [0.4, 0.5) is 14.5 Å². The molecule has 0 saturated carbocycles. The predicted octanol–water partition coefficient (Wildman–Crippen LogP) is 2.18. The van der Waals surface area contributed by atoms with Crippen LogP contribution in [0.15, 0.2) is 48.5 Å². The van der Waals surface area contributed by atoms with Crippen molar-refractivity contribution in [1.29, 1.82) is 0 Å². The summed E-state index contributed by atoms with van der Waals surface area (Å²) in [5.41, 5.74) is 1.11. The van der Waals surface area contributed by atoms with Gasteiger partial charge in [-0.25, -0.2) is 8.78 Å². The Bertz CT molecular complexity index is 868. The monoisotopic (exact) mass is 416 g/mol. The van der Waals surface area contributed by atoms with Crippen molar-refractivity contribution in [2.75, 3.05) is 51.6 Å². The van der Waals surface area contributed by atoms with Crippen molar-refractivity contribution in [2.24, 2.45) is 0 Å². The first kappa shape index (κ1) is 21.9. The first-order chi connectivity index (χ1) is 14.4. The average Bonchev–Trinajstić information content (AvgIpc) is 2.72. The lowest BCUT2D eigenvalue weighted by molar-refractivity contribution is -0.134. The lowest BCUT2D eigenvalue weighted by Gasteiger charge is -2.35. The molecular formula is C22H26F2N4O2. The van der Waals surface area contributed by atoms with Crippen LogP contribution in [0.2, 0.25) is 0 Å². The molecule has 1 aliphatic heterocycles. The molecule has 2 aromatic rings. The molecule has 1 fully saturated rings. The van der Waals surface area contributed by atoms with Crippen LogP contribution in [-0.2, 0) is 16.1 Å². The van der Waals surface area contributed by atoms with E-state index in [1.54, 1.807) is 35.0 Å². The van der Waals surface area contributed by atoms with Crippen molar-refractivity contribution >= 4 is 17.5 Å². The number of rotatable bonds is 7. The van der Waals surface area contributed by atoms with Gasteiger partial charge in [0.05, 0.1) is 13.1 Å². The van der Waals surface area contributed by atoms with E-state index in [0.717, 1.165) is 0 Å². The van der Waals surface area contributed by atoms with Crippen LogP contribution < -0.4 is 5.32 Å². The predicted molar refractivity (Wildman–Crippen MR) is 111 cm³/mol. The minimum atomic E-state index is -0.353. The van der Waals surface area contributed by atoms with E-state index in [4.69, 9.17) is 0 Å². The van der Waals surface area contributed by atoms with Crippen LogP contribution in [0.25, 0.3) is 0 Å². The molecule has 30 heavy (non-hydrogen) atoms. The summed E-state index contributed by atoms with van der Waals surface area (Å²) in [5.74, 6) is -0.812. The zero-order valence-corrected chi connectivity index (χ0v) is 17.0. The average molecular weight is 416 g/mol. The SMILES string of the molecule is CN(CC(=O)N1CCN(CC(=O)Nc2ccc(F)cc2)CC1)Cc1ccccc1F. The van der Waals surface area contributed by atoms with E-state index in [2.05, 4.69) is 5.32 Å². The number of carbonyl (C=O) groups is 2. The topological polar surface area (TPSA) is 55.9 Å². The zero-order valence-electron chi connectivity index (χ0n) is 17.0. The maximum Gasteiger partial charge on any atom is 0.238 e. The Hall–Kier alpha value is -2.84. The second kappa shape index (κ2) is 10.3. The molecule has 0 bridgehead atoms. The Kier molecular flexibility index (Phi) is 7.48. The standard InChI is InChI=1S/C22H26F2N4O2/c1-26(14-17-4-2-3-5-20(17)24)16-22(30)28-12-10-27(11-13-28)15-21(29)25-19-8-6-18(23)7-9-19/h2-9H,10-16H2,1H3,(H,25,29). The van der Waals surface area contributed by atoms with Crippen molar-refractivity contribution in [3.05, 3.63) is 65.7 Å². The summed E-state index contributed by atoms with van der Waals surface area (Å²) >= 11 is 0. The molecule has 8 heteroatoms. The third kappa shape index (κ3) is 6.33. The molecule has 2 amide bonds. The first-order valence-corrected chi connectivity index (χ1v) is 9.88. The Labute approximate surface area is 175 Å². The molecule has 1 heterocycles. The molecule has 0 atom stereocenters. The van der Waals surface area contributed by atoms with Gasteiger partial charge < -0.3 is 10.2 Å². The number of likely N-dealkylation sites (N-methyl/N-ethyl adjacent to an activating group) is 1. The van der Waals surface area contributed by atoms with Crippen LogP contribution in [0.3, 0.4) is 0 Å². The number of halogens is 2. The van der Waals surface area contributed by atoms with Gasteiger partial charge in [0.15, 0.2) is 0 Å². The quantitative estimate of drug-likeness (QED) is 0.752. The normalized spacial score (nSPS) is 14.7. The molecule has 3 rings (SSSR count). The van der Waals surface area contributed by atoms with E-state index in [-0.39, 0.29) is 36.5 Å². The summed E-state index contributed by atoms with van der Waals surface area (Å²) in [7, 11) is 1.79. The minimum absolute atomic E-state index is 0.00995. The molecule has 160 valence electrons. The van der Waals surface area contributed by atoms with E-state index in [9.17, 15) is 18.4 Å². The number of hydrogen-bond donors (Lipinski definition) is 1. The fraction of sp³-hybridized carbons (Fsp3) is 0.364. The third-order valence-electron chi connectivity index (χ3n) is 5.02. The van der Waals surface area contributed by atoms with Gasteiger partial charge in [0.1, 0.15) is 11.6 Å². The Morgan fingerprint density at radius 3 is 2.33 bits per heavy atom. The van der Waals surface area contributed by atoms with Gasteiger partial charge in [-0.05, 0) is 37.4 Å². The maximum atomic E-state index is 13.8. The Morgan fingerprint density at radius 2 is 1.67 bits per heavy atom. The van der Waals surface area contributed by atoms with Crippen molar-refractivity contribution in [2.45, 2.75) is 6.54 Å². The number of piperazine rings is 1. The van der Waals surface area contributed by atoms with Crippen LogP contribution in [-0.4, -0.2) is 72.8 Å². The molecule has 0 aromatic heterocycles. The highest BCUT2D eigenvalue weighted by molar-refractivity contribution is 5.92. The lowest BCUT2D eigenvalue weighted by atomic mass is 10.2. The molecule has 0 spiro atoms. The molecular weight excluding hydrogens is 390 g/mol. The lowest BCUT2D eigenvalue weighted by Crippen LogP contribution is -2.52. The molecule has 0 aliphatic carbocycles. The maximum absolute atomic E-state index is 13.8.